The molecule has 2 N–H and O–H groups in total. The monoisotopic (exact) mass is 363 g/mol. The van der Waals surface area contributed by atoms with Crippen LogP contribution in [0.4, 0.5) is 0 Å². The Bertz CT molecular complexity index is 464. The zero-order valence-electron chi connectivity index (χ0n) is 16.5. The van der Waals surface area contributed by atoms with E-state index in [0.29, 0.717) is 19.3 Å². The fourth-order valence-electron chi connectivity index (χ4n) is 2.94. The van der Waals surface area contributed by atoms with Crippen LogP contribution in [-0.2, 0) is 9.59 Å². The fourth-order valence-corrected chi connectivity index (χ4v) is 2.94. The van der Waals surface area contributed by atoms with Gasteiger partial charge in [0.1, 0.15) is 5.54 Å². The molecule has 1 amide bonds. The summed E-state index contributed by atoms with van der Waals surface area (Å²) in [6, 6.07) is 0. The van der Waals surface area contributed by atoms with Crippen LogP contribution in [0.5, 0.6) is 0 Å². The summed E-state index contributed by atoms with van der Waals surface area (Å²) in [5.74, 6) is -1.01. The van der Waals surface area contributed by atoms with Crippen molar-refractivity contribution >= 4 is 11.9 Å². The summed E-state index contributed by atoms with van der Waals surface area (Å²) in [7, 11) is 0. The second-order valence-electron chi connectivity index (χ2n) is 7.42. The van der Waals surface area contributed by atoms with Gasteiger partial charge in [-0.1, -0.05) is 63.3 Å². The molecule has 4 heteroatoms. The summed E-state index contributed by atoms with van der Waals surface area (Å²) in [5.41, 5.74) is -0.936. The quantitative estimate of drug-likeness (QED) is 0.280. The lowest BCUT2D eigenvalue weighted by Gasteiger charge is -2.12. The lowest BCUT2D eigenvalue weighted by Crippen LogP contribution is -2.42. The largest absolute Gasteiger partial charge is 0.480 e. The molecule has 1 aliphatic carbocycles. The van der Waals surface area contributed by atoms with E-state index in [1.54, 1.807) is 0 Å². The number of hydrogen-bond acceptors (Lipinski definition) is 2. The van der Waals surface area contributed by atoms with Gasteiger partial charge < -0.3 is 10.4 Å². The summed E-state index contributed by atoms with van der Waals surface area (Å²) in [5, 5.41) is 11.7. The number of carbonyl (C=O) groups is 2. The van der Waals surface area contributed by atoms with Crippen LogP contribution in [0.1, 0.15) is 96.8 Å². The first-order valence-electron chi connectivity index (χ1n) is 10.4. The molecule has 0 radical (unpaired) electrons. The number of carbonyl (C=O) groups excluding carboxylic acids is 1. The van der Waals surface area contributed by atoms with Crippen molar-refractivity contribution in [1.82, 2.24) is 5.32 Å². The Morgan fingerprint density at radius 1 is 0.885 bits per heavy atom. The highest BCUT2D eigenvalue weighted by atomic mass is 16.4. The Balaban J connectivity index is 1.86. The maximum atomic E-state index is 11.7. The van der Waals surface area contributed by atoms with Crippen LogP contribution in [0.25, 0.3) is 0 Å². The topological polar surface area (TPSA) is 66.4 Å². The second-order valence-corrected chi connectivity index (χ2v) is 7.42. The molecule has 0 aromatic rings. The highest BCUT2D eigenvalue weighted by molar-refractivity contribution is 5.89. The molecule has 0 aromatic heterocycles. The van der Waals surface area contributed by atoms with E-state index in [2.05, 4.69) is 36.5 Å². The molecule has 0 bridgehead atoms. The Morgan fingerprint density at radius 3 is 2.04 bits per heavy atom. The highest BCUT2D eigenvalue weighted by Crippen LogP contribution is 2.35. The van der Waals surface area contributed by atoms with E-state index < -0.39 is 11.5 Å². The molecular weight excluding hydrogens is 326 g/mol. The van der Waals surface area contributed by atoms with Crippen molar-refractivity contribution in [3.63, 3.8) is 0 Å². The zero-order valence-corrected chi connectivity index (χ0v) is 16.5. The first-order chi connectivity index (χ1) is 12.6. The molecule has 4 nitrogen and oxygen atoms in total. The van der Waals surface area contributed by atoms with E-state index in [-0.39, 0.29) is 5.91 Å². The van der Waals surface area contributed by atoms with Crippen molar-refractivity contribution in [2.45, 2.75) is 102 Å². The Hall–Kier alpha value is -1.58. The average molecular weight is 364 g/mol. The molecule has 0 heterocycles. The van der Waals surface area contributed by atoms with Crippen molar-refractivity contribution in [2.24, 2.45) is 0 Å². The average Bonchev–Trinajstić information content (AvgIpc) is 3.39. The van der Waals surface area contributed by atoms with E-state index in [9.17, 15) is 9.59 Å². The Labute approximate surface area is 159 Å². The van der Waals surface area contributed by atoms with Crippen LogP contribution < -0.4 is 5.32 Å². The van der Waals surface area contributed by atoms with Crippen molar-refractivity contribution in [1.29, 1.82) is 0 Å². The number of unbranched alkanes of at least 4 members (excludes halogenated alkanes) is 8. The van der Waals surface area contributed by atoms with Crippen LogP contribution in [0.2, 0.25) is 0 Å². The third-order valence-electron chi connectivity index (χ3n) is 4.89. The third kappa shape index (κ3) is 10.4. The Kier molecular flexibility index (Phi) is 11.7. The smallest absolute Gasteiger partial charge is 0.329 e. The van der Waals surface area contributed by atoms with Gasteiger partial charge in [0.05, 0.1) is 0 Å². The van der Waals surface area contributed by atoms with Gasteiger partial charge in [0.2, 0.25) is 5.91 Å². The number of allylic oxidation sites excluding steroid dienone is 4. The van der Waals surface area contributed by atoms with Crippen LogP contribution in [0, 0.1) is 0 Å². The summed E-state index contributed by atoms with van der Waals surface area (Å²) in [4.78, 5) is 22.8. The summed E-state index contributed by atoms with van der Waals surface area (Å²) >= 11 is 0. The fraction of sp³-hybridized carbons (Fsp3) is 0.727. The number of aliphatic carboxylic acids is 1. The lowest BCUT2D eigenvalue weighted by molar-refractivity contribution is -0.143. The van der Waals surface area contributed by atoms with E-state index in [0.717, 1.165) is 32.1 Å². The maximum Gasteiger partial charge on any atom is 0.329 e. The highest BCUT2D eigenvalue weighted by Gasteiger charge is 2.51. The van der Waals surface area contributed by atoms with Crippen LogP contribution >= 0.6 is 0 Å². The van der Waals surface area contributed by atoms with E-state index in [1.807, 2.05) is 0 Å². The van der Waals surface area contributed by atoms with E-state index in [4.69, 9.17) is 5.11 Å². The van der Waals surface area contributed by atoms with Gasteiger partial charge in [-0.15, -0.1) is 0 Å². The number of amides is 1. The molecule has 26 heavy (non-hydrogen) atoms. The van der Waals surface area contributed by atoms with Crippen LogP contribution in [0.3, 0.4) is 0 Å². The number of nitrogens with one attached hydrogen (secondary N) is 1. The summed E-state index contributed by atoms with van der Waals surface area (Å²) in [6.07, 6.45) is 23.3. The SMILES string of the molecule is CCCCCC=CCC=CCCCCCCCC(=O)NC1(C(=O)O)CC1. The zero-order chi connectivity index (χ0) is 19.1. The van der Waals surface area contributed by atoms with Crippen molar-refractivity contribution < 1.29 is 14.7 Å². The summed E-state index contributed by atoms with van der Waals surface area (Å²) in [6.45, 7) is 2.23. The van der Waals surface area contributed by atoms with Gasteiger partial charge in [0.25, 0.3) is 0 Å². The van der Waals surface area contributed by atoms with Crippen molar-refractivity contribution in [3.05, 3.63) is 24.3 Å². The normalized spacial score (nSPS) is 15.6. The molecule has 0 aromatic carbocycles. The van der Waals surface area contributed by atoms with Crippen LogP contribution in [-0.4, -0.2) is 22.5 Å². The van der Waals surface area contributed by atoms with Gasteiger partial charge in [-0.05, 0) is 51.4 Å². The number of rotatable bonds is 16. The molecule has 1 aliphatic rings. The summed E-state index contributed by atoms with van der Waals surface area (Å²) < 4.78 is 0. The number of hydrogen-bond donors (Lipinski definition) is 2. The van der Waals surface area contributed by atoms with E-state index in [1.165, 1.54) is 38.5 Å². The number of carboxylic acid groups (broad SMARTS) is 1. The van der Waals surface area contributed by atoms with Gasteiger partial charge in [0.15, 0.2) is 0 Å². The first kappa shape index (κ1) is 22.5. The maximum absolute atomic E-state index is 11.7. The van der Waals surface area contributed by atoms with Gasteiger partial charge in [-0.3, -0.25) is 4.79 Å². The van der Waals surface area contributed by atoms with Crippen molar-refractivity contribution in [2.75, 3.05) is 0 Å². The molecule has 0 spiro atoms. The standard InChI is InChI=1S/C22H37NO3/c1-2-3-4-5-6-7-8-9-10-11-12-13-14-15-16-17-20(24)23-22(18-19-22)21(25)26/h6-7,9-10H,2-5,8,11-19H2,1H3,(H,23,24)(H,25,26). The van der Waals surface area contributed by atoms with Crippen molar-refractivity contribution in [3.8, 4) is 0 Å². The second kappa shape index (κ2) is 13.6. The minimum Gasteiger partial charge on any atom is -0.480 e. The minimum absolute atomic E-state index is 0.115. The number of carboxylic acids is 1. The minimum atomic E-state index is -0.936. The third-order valence-corrected chi connectivity index (χ3v) is 4.89. The van der Waals surface area contributed by atoms with Crippen LogP contribution in [0.15, 0.2) is 24.3 Å². The molecule has 0 saturated heterocycles. The molecule has 1 saturated carbocycles. The lowest BCUT2D eigenvalue weighted by atomic mass is 10.1. The van der Waals surface area contributed by atoms with Gasteiger partial charge in [0, 0.05) is 6.42 Å². The predicted molar refractivity (Wildman–Crippen MR) is 107 cm³/mol. The molecule has 148 valence electrons. The predicted octanol–water partition coefficient (Wildman–Crippen LogP) is 5.53. The first-order valence-corrected chi connectivity index (χ1v) is 10.4. The van der Waals surface area contributed by atoms with Gasteiger partial charge in [-0.2, -0.15) is 0 Å². The molecule has 0 atom stereocenters. The molecule has 1 rings (SSSR count). The molecule has 0 aliphatic heterocycles. The Morgan fingerprint density at radius 2 is 1.46 bits per heavy atom. The van der Waals surface area contributed by atoms with E-state index >= 15 is 0 Å². The van der Waals surface area contributed by atoms with Gasteiger partial charge in [-0.25, -0.2) is 4.79 Å². The molecule has 0 unspecified atom stereocenters. The molecule has 1 fully saturated rings. The van der Waals surface area contributed by atoms with Gasteiger partial charge >= 0.3 is 5.97 Å². The molecular formula is C22H37NO3.